The lowest BCUT2D eigenvalue weighted by Crippen LogP contribution is -2.21. The van der Waals surface area contributed by atoms with Crippen LogP contribution in [0.4, 0.5) is 5.69 Å². The normalized spacial score (nSPS) is 13.6. The van der Waals surface area contributed by atoms with Crippen molar-refractivity contribution in [3.8, 4) is 0 Å². The number of rotatable bonds is 3. The monoisotopic (exact) mass is 257 g/mol. The van der Waals surface area contributed by atoms with Crippen molar-refractivity contribution >= 4 is 11.7 Å². The number of anilines is 1. The molecule has 0 saturated heterocycles. The summed E-state index contributed by atoms with van der Waals surface area (Å²) in [6, 6.07) is 5.35. The number of carboxylic acids is 1. The first-order chi connectivity index (χ1) is 9.15. The van der Waals surface area contributed by atoms with Crippen molar-refractivity contribution < 1.29 is 9.90 Å². The van der Waals surface area contributed by atoms with Crippen LogP contribution >= 0.6 is 0 Å². The van der Waals surface area contributed by atoms with E-state index in [2.05, 4.69) is 9.88 Å². The Bertz CT molecular complexity index is 633. The zero-order chi connectivity index (χ0) is 13.4. The van der Waals surface area contributed by atoms with Crippen molar-refractivity contribution in [1.82, 2.24) is 9.55 Å². The number of benzene rings is 1. The Morgan fingerprint density at radius 1 is 1.47 bits per heavy atom. The number of aromatic nitrogens is 2. The predicted octanol–water partition coefficient (Wildman–Crippen LogP) is 1.68. The fraction of sp³-hybridized carbons (Fsp3) is 0.286. The Balaban J connectivity index is 1.86. The maximum Gasteiger partial charge on any atom is 0.335 e. The van der Waals surface area contributed by atoms with Crippen molar-refractivity contribution in [1.29, 1.82) is 0 Å². The Kier molecular flexibility index (Phi) is 2.74. The van der Waals surface area contributed by atoms with Gasteiger partial charge in [-0.05, 0) is 30.2 Å². The third kappa shape index (κ3) is 2.07. The molecule has 0 amide bonds. The van der Waals surface area contributed by atoms with E-state index in [-0.39, 0.29) is 0 Å². The van der Waals surface area contributed by atoms with Gasteiger partial charge in [0.2, 0.25) is 0 Å². The molecule has 0 radical (unpaired) electrons. The SMILES string of the molecule is Cn1cncc1CN1CCc2cc(C(=O)O)ccc21. The molecule has 1 aliphatic rings. The van der Waals surface area contributed by atoms with Crippen molar-refractivity contribution in [3.05, 3.63) is 47.5 Å². The van der Waals surface area contributed by atoms with Gasteiger partial charge in [0.05, 0.1) is 24.1 Å². The summed E-state index contributed by atoms with van der Waals surface area (Å²) < 4.78 is 2.00. The summed E-state index contributed by atoms with van der Waals surface area (Å²) in [6.45, 7) is 1.72. The van der Waals surface area contributed by atoms with Gasteiger partial charge < -0.3 is 14.6 Å². The van der Waals surface area contributed by atoms with Crippen LogP contribution in [0.1, 0.15) is 21.6 Å². The summed E-state index contributed by atoms with van der Waals surface area (Å²) in [5.74, 6) is -0.868. The van der Waals surface area contributed by atoms with Gasteiger partial charge in [-0.15, -0.1) is 0 Å². The molecule has 0 fully saturated rings. The standard InChI is InChI=1S/C14H15N3O2/c1-16-9-15-7-12(16)8-17-5-4-10-6-11(14(18)19)2-3-13(10)17/h2-3,6-7,9H,4-5,8H2,1H3,(H,18,19). The highest BCUT2D eigenvalue weighted by atomic mass is 16.4. The molecule has 1 aliphatic heterocycles. The number of aromatic carboxylic acids is 1. The highest BCUT2D eigenvalue weighted by Gasteiger charge is 2.21. The molecular weight excluding hydrogens is 242 g/mol. The van der Waals surface area contributed by atoms with E-state index in [9.17, 15) is 4.79 Å². The van der Waals surface area contributed by atoms with Crippen molar-refractivity contribution in [2.75, 3.05) is 11.4 Å². The van der Waals surface area contributed by atoms with Crippen LogP contribution in [-0.4, -0.2) is 27.2 Å². The second-order valence-electron chi connectivity index (χ2n) is 4.82. The number of fused-ring (bicyclic) bond motifs is 1. The third-order valence-corrected chi connectivity index (χ3v) is 3.59. The van der Waals surface area contributed by atoms with E-state index < -0.39 is 5.97 Å². The zero-order valence-electron chi connectivity index (χ0n) is 10.7. The molecular formula is C14H15N3O2. The lowest BCUT2D eigenvalue weighted by Gasteiger charge is -2.19. The van der Waals surface area contributed by atoms with Crippen molar-refractivity contribution in [3.63, 3.8) is 0 Å². The minimum atomic E-state index is -0.868. The second-order valence-corrected chi connectivity index (χ2v) is 4.82. The molecule has 0 atom stereocenters. The van der Waals surface area contributed by atoms with Gasteiger partial charge in [0.25, 0.3) is 0 Å². The minimum Gasteiger partial charge on any atom is -0.478 e. The molecule has 3 rings (SSSR count). The highest BCUT2D eigenvalue weighted by molar-refractivity contribution is 5.88. The van der Waals surface area contributed by atoms with Gasteiger partial charge in [0.1, 0.15) is 0 Å². The van der Waals surface area contributed by atoms with Crippen LogP contribution in [0.2, 0.25) is 0 Å². The number of nitrogens with zero attached hydrogens (tertiary/aromatic N) is 3. The zero-order valence-corrected chi connectivity index (χ0v) is 10.7. The van der Waals surface area contributed by atoms with Crippen LogP contribution in [0.15, 0.2) is 30.7 Å². The minimum absolute atomic E-state index is 0.362. The lowest BCUT2D eigenvalue weighted by molar-refractivity contribution is 0.0697. The largest absolute Gasteiger partial charge is 0.478 e. The smallest absolute Gasteiger partial charge is 0.335 e. The highest BCUT2D eigenvalue weighted by Crippen LogP contribution is 2.30. The fourth-order valence-electron chi connectivity index (χ4n) is 2.50. The predicted molar refractivity (Wildman–Crippen MR) is 71.4 cm³/mol. The summed E-state index contributed by atoms with van der Waals surface area (Å²) in [4.78, 5) is 17.3. The van der Waals surface area contributed by atoms with Gasteiger partial charge in [0.15, 0.2) is 0 Å². The Hall–Kier alpha value is -2.30. The first-order valence-corrected chi connectivity index (χ1v) is 6.21. The molecule has 0 unspecified atom stereocenters. The lowest BCUT2D eigenvalue weighted by atomic mass is 10.1. The van der Waals surface area contributed by atoms with Crippen LogP contribution in [-0.2, 0) is 20.0 Å². The molecule has 0 bridgehead atoms. The van der Waals surface area contributed by atoms with Gasteiger partial charge in [-0.1, -0.05) is 0 Å². The molecule has 5 nitrogen and oxygen atoms in total. The van der Waals surface area contributed by atoms with E-state index in [4.69, 9.17) is 5.11 Å². The summed E-state index contributed by atoms with van der Waals surface area (Å²) in [7, 11) is 1.98. The van der Waals surface area contributed by atoms with Crippen LogP contribution in [0.3, 0.4) is 0 Å². The summed E-state index contributed by atoms with van der Waals surface area (Å²) in [5, 5.41) is 9.00. The Labute approximate surface area is 111 Å². The number of carboxylic acid groups (broad SMARTS) is 1. The number of imidazole rings is 1. The Morgan fingerprint density at radius 2 is 2.32 bits per heavy atom. The van der Waals surface area contributed by atoms with E-state index in [1.807, 2.05) is 23.9 Å². The van der Waals surface area contributed by atoms with E-state index in [0.29, 0.717) is 5.56 Å². The molecule has 1 aromatic heterocycles. The fourth-order valence-corrected chi connectivity index (χ4v) is 2.50. The van der Waals surface area contributed by atoms with Gasteiger partial charge in [0, 0.05) is 25.5 Å². The van der Waals surface area contributed by atoms with Gasteiger partial charge in [-0.3, -0.25) is 0 Å². The second kappa shape index (κ2) is 4.42. The van der Waals surface area contributed by atoms with E-state index in [1.54, 1.807) is 18.5 Å². The molecule has 1 aromatic carbocycles. The van der Waals surface area contributed by atoms with Crippen molar-refractivity contribution in [2.45, 2.75) is 13.0 Å². The van der Waals surface area contributed by atoms with Crippen LogP contribution in [0.5, 0.6) is 0 Å². The van der Waals surface area contributed by atoms with Crippen LogP contribution in [0, 0.1) is 0 Å². The summed E-state index contributed by atoms with van der Waals surface area (Å²) >= 11 is 0. The summed E-state index contributed by atoms with van der Waals surface area (Å²) in [6.07, 6.45) is 4.55. The average Bonchev–Trinajstić information content (AvgIpc) is 2.97. The number of hydrogen-bond donors (Lipinski definition) is 1. The Morgan fingerprint density at radius 3 is 3.00 bits per heavy atom. The number of carbonyl (C=O) groups is 1. The maximum absolute atomic E-state index is 11.0. The average molecular weight is 257 g/mol. The van der Waals surface area contributed by atoms with Crippen LogP contribution in [0.25, 0.3) is 0 Å². The first kappa shape index (κ1) is 11.8. The van der Waals surface area contributed by atoms with Gasteiger partial charge >= 0.3 is 5.97 Å². The van der Waals surface area contributed by atoms with Crippen molar-refractivity contribution in [2.24, 2.45) is 7.05 Å². The van der Waals surface area contributed by atoms with E-state index >= 15 is 0 Å². The number of hydrogen-bond acceptors (Lipinski definition) is 3. The van der Waals surface area contributed by atoms with E-state index in [0.717, 1.165) is 36.5 Å². The molecule has 1 N–H and O–H groups in total. The molecule has 2 heterocycles. The molecule has 19 heavy (non-hydrogen) atoms. The molecule has 2 aromatic rings. The number of aryl methyl sites for hydroxylation is 1. The topological polar surface area (TPSA) is 58.4 Å². The van der Waals surface area contributed by atoms with Gasteiger partial charge in [-0.25, -0.2) is 9.78 Å². The van der Waals surface area contributed by atoms with Crippen LogP contribution < -0.4 is 4.90 Å². The molecule has 5 heteroatoms. The first-order valence-electron chi connectivity index (χ1n) is 6.21. The molecule has 0 aliphatic carbocycles. The third-order valence-electron chi connectivity index (χ3n) is 3.59. The molecule has 98 valence electrons. The maximum atomic E-state index is 11.0. The van der Waals surface area contributed by atoms with E-state index in [1.165, 1.54) is 0 Å². The van der Waals surface area contributed by atoms with Gasteiger partial charge in [-0.2, -0.15) is 0 Å². The molecule has 0 saturated carbocycles. The molecule has 0 spiro atoms. The summed E-state index contributed by atoms with van der Waals surface area (Å²) in [5.41, 5.74) is 3.75. The quantitative estimate of drug-likeness (QED) is 0.909.